The number of benzene rings is 2. The highest BCUT2D eigenvalue weighted by molar-refractivity contribution is 5.91. The van der Waals surface area contributed by atoms with Gasteiger partial charge in [0, 0.05) is 5.39 Å². The van der Waals surface area contributed by atoms with E-state index in [-0.39, 0.29) is 12.4 Å². The summed E-state index contributed by atoms with van der Waals surface area (Å²) < 4.78 is 5.19. The van der Waals surface area contributed by atoms with Crippen molar-refractivity contribution in [1.29, 1.82) is 0 Å². The number of rotatable bonds is 1. The van der Waals surface area contributed by atoms with E-state index in [0.717, 1.165) is 16.5 Å². The molecule has 2 aromatic carbocycles. The van der Waals surface area contributed by atoms with Crippen LogP contribution in [0, 0.1) is 0 Å². The van der Waals surface area contributed by atoms with E-state index < -0.39 is 0 Å². The Labute approximate surface area is 89.1 Å². The van der Waals surface area contributed by atoms with Gasteiger partial charge >= 0.3 is 0 Å². The van der Waals surface area contributed by atoms with Crippen LogP contribution in [-0.2, 0) is 0 Å². The van der Waals surface area contributed by atoms with E-state index in [4.69, 9.17) is 10.5 Å². The van der Waals surface area contributed by atoms with Gasteiger partial charge in [0.25, 0.3) is 0 Å². The van der Waals surface area contributed by atoms with E-state index in [1.165, 1.54) is 0 Å². The van der Waals surface area contributed by atoms with Gasteiger partial charge in [-0.2, -0.15) is 0 Å². The first-order chi connectivity index (χ1) is 6.31. The first kappa shape index (κ1) is 10.7. The maximum absolute atomic E-state index is 7.54. The summed E-state index contributed by atoms with van der Waals surface area (Å²) >= 11 is 0. The number of nitrogens with one attached hydrogen (secondary N) is 1. The van der Waals surface area contributed by atoms with Gasteiger partial charge in [0.1, 0.15) is 5.75 Å². The van der Waals surface area contributed by atoms with Gasteiger partial charge in [-0.1, -0.05) is 30.3 Å². The van der Waals surface area contributed by atoms with Crippen LogP contribution in [-0.4, -0.2) is 7.11 Å². The number of fused-ring (bicyclic) bond motifs is 1. The number of methoxy groups -OCH3 is 1. The Kier molecular flexibility index (Phi) is 3.20. The fraction of sp³-hybridized carbons (Fsp3) is 0.0909. The third-order valence-corrected chi connectivity index (χ3v) is 2.04. The summed E-state index contributed by atoms with van der Waals surface area (Å²) in [4.78, 5) is 0. The molecule has 0 spiro atoms. The van der Waals surface area contributed by atoms with Gasteiger partial charge in [0.15, 0.2) is 0 Å². The molecule has 2 aromatic rings. The summed E-state index contributed by atoms with van der Waals surface area (Å²) in [6, 6.07) is 11.5. The van der Waals surface area contributed by atoms with Crippen molar-refractivity contribution in [1.82, 2.24) is 0 Å². The third kappa shape index (κ3) is 1.75. The van der Waals surface area contributed by atoms with Crippen molar-refractivity contribution in [3.63, 3.8) is 0 Å². The van der Waals surface area contributed by atoms with Crippen LogP contribution in [0.4, 0.5) is 5.69 Å². The van der Waals surface area contributed by atoms with E-state index in [1.54, 1.807) is 13.2 Å². The van der Waals surface area contributed by atoms with E-state index in [0.29, 0.717) is 5.69 Å². The largest absolute Gasteiger partial charge is 0.699 e. The van der Waals surface area contributed by atoms with Crippen LogP contribution in [0.25, 0.3) is 16.5 Å². The standard InChI is InChI=1S/C11H10NO.ClH/c1-13-11-7-9(12)6-8-4-2-3-5-10(8)11;/h2-7,12H,1H3;1H/q-1;. The summed E-state index contributed by atoms with van der Waals surface area (Å²) in [5.41, 5.74) is 8.02. The molecule has 0 aliphatic heterocycles. The maximum atomic E-state index is 7.54. The van der Waals surface area contributed by atoms with Crippen molar-refractivity contribution in [2.24, 2.45) is 0 Å². The zero-order chi connectivity index (χ0) is 9.26. The number of halogens is 1. The van der Waals surface area contributed by atoms with Gasteiger partial charge < -0.3 is 10.5 Å². The predicted octanol–water partition coefficient (Wildman–Crippen LogP) is 3.95. The van der Waals surface area contributed by atoms with E-state index in [1.807, 2.05) is 30.3 Å². The zero-order valence-electron chi connectivity index (χ0n) is 7.78. The van der Waals surface area contributed by atoms with Crippen LogP contribution < -0.4 is 4.74 Å². The van der Waals surface area contributed by atoms with E-state index >= 15 is 0 Å². The van der Waals surface area contributed by atoms with Crippen LogP contribution in [0.2, 0.25) is 0 Å². The van der Waals surface area contributed by atoms with Crippen LogP contribution in [0.1, 0.15) is 0 Å². The fourth-order valence-electron chi connectivity index (χ4n) is 1.44. The Balaban J connectivity index is 0.000000980. The molecule has 0 saturated carbocycles. The molecule has 3 heteroatoms. The smallest absolute Gasteiger partial charge is 0.125 e. The minimum absolute atomic E-state index is 0. The average Bonchev–Trinajstić information content (AvgIpc) is 2.16. The highest BCUT2D eigenvalue weighted by atomic mass is 35.5. The molecular weight excluding hydrogens is 198 g/mol. The molecule has 2 nitrogen and oxygen atoms in total. The van der Waals surface area contributed by atoms with E-state index in [9.17, 15) is 0 Å². The molecule has 0 heterocycles. The molecule has 1 N–H and O–H groups in total. The molecule has 0 aliphatic rings. The molecule has 0 saturated heterocycles. The number of ether oxygens (including phenoxy) is 1. The number of hydrogen-bond donors (Lipinski definition) is 0. The van der Waals surface area contributed by atoms with Gasteiger partial charge in [-0.3, -0.25) is 0 Å². The molecule has 0 radical (unpaired) electrons. The highest BCUT2D eigenvalue weighted by Gasteiger charge is 1.98. The SMILES string of the molecule is COc1cc([NH-])cc2ccccc12.Cl. The highest BCUT2D eigenvalue weighted by Crippen LogP contribution is 2.30. The summed E-state index contributed by atoms with van der Waals surface area (Å²) in [7, 11) is 1.63. The first-order valence-corrected chi connectivity index (χ1v) is 4.09. The van der Waals surface area contributed by atoms with Crippen molar-refractivity contribution in [2.45, 2.75) is 0 Å². The molecule has 0 atom stereocenters. The lowest BCUT2D eigenvalue weighted by atomic mass is 10.1. The van der Waals surface area contributed by atoms with Crippen molar-refractivity contribution < 1.29 is 4.74 Å². The quantitative estimate of drug-likeness (QED) is 0.699. The van der Waals surface area contributed by atoms with Gasteiger partial charge in [-0.25, -0.2) is 0 Å². The predicted molar refractivity (Wildman–Crippen MR) is 61.7 cm³/mol. The van der Waals surface area contributed by atoms with Crippen molar-refractivity contribution in [3.8, 4) is 5.75 Å². The van der Waals surface area contributed by atoms with Gasteiger partial charge in [-0.15, -0.1) is 18.1 Å². The molecule has 0 bridgehead atoms. The molecule has 0 aliphatic carbocycles. The minimum atomic E-state index is 0. The minimum Gasteiger partial charge on any atom is -0.699 e. The lowest BCUT2D eigenvalue weighted by Gasteiger charge is -2.10. The van der Waals surface area contributed by atoms with Crippen molar-refractivity contribution >= 4 is 28.9 Å². The Morgan fingerprint density at radius 2 is 1.86 bits per heavy atom. The van der Waals surface area contributed by atoms with Gasteiger partial charge in [-0.05, 0) is 11.5 Å². The van der Waals surface area contributed by atoms with Crippen molar-refractivity contribution in [2.75, 3.05) is 7.11 Å². The Hall–Kier alpha value is -1.41. The average molecular weight is 209 g/mol. The van der Waals surface area contributed by atoms with Gasteiger partial charge in [0.05, 0.1) is 7.11 Å². The molecule has 74 valence electrons. The lowest BCUT2D eigenvalue weighted by molar-refractivity contribution is 0.420. The molecule has 0 aromatic heterocycles. The monoisotopic (exact) mass is 208 g/mol. The normalized spacial score (nSPS) is 9.50. The fourth-order valence-corrected chi connectivity index (χ4v) is 1.44. The number of hydrogen-bond acceptors (Lipinski definition) is 1. The van der Waals surface area contributed by atoms with Crippen LogP contribution in [0.15, 0.2) is 36.4 Å². The second kappa shape index (κ2) is 4.20. The Morgan fingerprint density at radius 1 is 1.14 bits per heavy atom. The first-order valence-electron chi connectivity index (χ1n) is 4.09. The second-order valence-electron chi connectivity index (χ2n) is 2.90. The summed E-state index contributed by atoms with van der Waals surface area (Å²) in [6.07, 6.45) is 0. The Morgan fingerprint density at radius 3 is 2.57 bits per heavy atom. The Bertz CT molecular complexity index is 442. The maximum Gasteiger partial charge on any atom is 0.125 e. The topological polar surface area (TPSA) is 33.0 Å². The molecule has 14 heavy (non-hydrogen) atoms. The molecular formula is C11H11ClNO-. The molecule has 0 unspecified atom stereocenters. The van der Waals surface area contributed by atoms with Crippen molar-refractivity contribution in [3.05, 3.63) is 42.1 Å². The lowest BCUT2D eigenvalue weighted by Crippen LogP contribution is -1.83. The third-order valence-electron chi connectivity index (χ3n) is 2.04. The summed E-state index contributed by atoms with van der Waals surface area (Å²) in [5.74, 6) is 0.767. The second-order valence-corrected chi connectivity index (χ2v) is 2.90. The molecule has 2 rings (SSSR count). The summed E-state index contributed by atoms with van der Waals surface area (Å²) in [6.45, 7) is 0. The van der Waals surface area contributed by atoms with Crippen LogP contribution in [0.3, 0.4) is 0 Å². The van der Waals surface area contributed by atoms with E-state index in [2.05, 4.69) is 0 Å². The molecule has 0 amide bonds. The summed E-state index contributed by atoms with van der Waals surface area (Å²) in [5, 5.41) is 2.10. The van der Waals surface area contributed by atoms with Crippen LogP contribution >= 0.6 is 12.4 Å². The van der Waals surface area contributed by atoms with Crippen LogP contribution in [0.5, 0.6) is 5.75 Å². The zero-order valence-corrected chi connectivity index (χ0v) is 8.60. The molecule has 0 fully saturated rings. The van der Waals surface area contributed by atoms with Gasteiger partial charge in [0.2, 0.25) is 0 Å².